The van der Waals surface area contributed by atoms with Crippen molar-refractivity contribution < 1.29 is 9.90 Å². The van der Waals surface area contributed by atoms with Crippen molar-refractivity contribution in [2.45, 2.75) is 46.7 Å². The van der Waals surface area contributed by atoms with E-state index >= 15 is 0 Å². The molecule has 1 aromatic rings. The van der Waals surface area contributed by atoms with Crippen LogP contribution < -0.4 is 0 Å². The lowest BCUT2D eigenvalue weighted by molar-refractivity contribution is -0.139. The van der Waals surface area contributed by atoms with Gasteiger partial charge in [0.1, 0.15) is 0 Å². The van der Waals surface area contributed by atoms with Crippen LogP contribution in [0.3, 0.4) is 0 Å². The maximum absolute atomic E-state index is 10.9. The Bertz CT molecular complexity index is 395. The first-order valence-electron chi connectivity index (χ1n) is 6.45. The number of carboxylic acid groups (broad SMARTS) is 1. The predicted octanol–water partition coefficient (Wildman–Crippen LogP) is 2.99. The minimum atomic E-state index is -0.764. The number of aliphatic carboxylic acids is 1. The number of hydrogen-bond acceptors (Lipinski definition) is 2. The SMILES string of the molecule is CCC(C)N(CC(=O)O)Cc1cc(C)cc(C)c1. The standard InChI is InChI=1S/C15H23NO2/c1-5-13(4)16(10-15(17)18)9-14-7-11(2)6-12(3)8-14/h6-8,13H,5,9-10H2,1-4H3,(H,17,18). The number of hydrogen-bond donors (Lipinski definition) is 1. The number of benzene rings is 1. The molecule has 1 atom stereocenters. The number of carboxylic acids is 1. The molecule has 0 spiro atoms. The smallest absolute Gasteiger partial charge is 0.317 e. The second-order valence-electron chi connectivity index (χ2n) is 5.05. The zero-order chi connectivity index (χ0) is 13.7. The second kappa shape index (κ2) is 6.55. The van der Waals surface area contributed by atoms with Gasteiger partial charge in [0.15, 0.2) is 0 Å². The van der Waals surface area contributed by atoms with Crippen LogP contribution in [-0.4, -0.2) is 28.6 Å². The van der Waals surface area contributed by atoms with Gasteiger partial charge in [0, 0.05) is 12.6 Å². The van der Waals surface area contributed by atoms with Crippen LogP contribution in [0.15, 0.2) is 18.2 Å². The number of nitrogens with zero attached hydrogens (tertiary/aromatic N) is 1. The number of carbonyl (C=O) groups is 1. The van der Waals surface area contributed by atoms with E-state index in [0.29, 0.717) is 6.54 Å². The van der Waals surface area contributed by atoms with Crippen molar-refractivity contribution in [2.24, 2.45) is 0 Å². The summed E-state index contributed by atoms with van der Waals surface area (Å²) in [4.78, 5) is 12.9. The Morgan fingerprint density at radius 2 is 1.83 bits per heavy atom. The molecule has 1 N–H and O–H groups in total. The number of rotatable bonds is 6. The van der Waals surface area contributed by atoms with Crippen molar-refractivity contribution in [3.63, 3.8) is 0 Å². The summed E-state index contributed by atoms with van der Waals surface area (Å²) in [6.45, 7) is 9.10. The largest absolute Gasteiger partial charge is 0.480 e. The van der Waals surface area contributed by atoms with Crippen LogP contribution in [0.25, 0.3) is 0 Å². The molecule has 1 rings (SSSR count). The van der Waals surface area contributed by atoms with Gasteiger partial charge in [-0.15, -0.1) is 0 Å². The molecule has 0 amide bonds. The van der Waals surface area contributed by atoms with E-state index in [9.17, 15) is 4.79 Å². The van der Waals surface area contributed by atoms with Crippen molar-refractivity contribution in [1.29, 1.82) is 0 Å². The highest BCUT2D eigenvalue weighted by Crippen LogP contribution is 2.14. The maximum atomic E-state index is 10.9. The lowest BCUT2D eigenvalue weighted by Gasteiger charge is -2.27. The molecule has 3 nitrogen and oxygen atoms in total. The first-order valence-corrected chi connectivity index (χ1v) is 6.45. The molecule has 0 bridgehead atoms. The monoisotopic (exact) mass is 249 g/mol. The fourth-order valence-corrected chi connectivity index (χ4v) is 2.19. The average molecular weight is 249 g/mol. The van der Waals surface area contributed by atoms with Crippen molar-refractivity contribution in [3.8, 4) is 0 Å². The van der Waals surface area contributed by atoms with Gasteiger partial charge < -0.3 is 5.11 Å². The van der Waals surface area contributed by atoms with Gasteiger partial charge >= 0.3 is 5.97 Å². The average Bonchev–Trinajstić information content (AvgIpc) is 2.25. The van der Waals surface area contributed by atoms with Gasteiger partial charge in [-0.05, 0) is 32.8 Å². The molecular weight excluding hydrogens is 226 g/mol. The van der Waals surface area contributed by atoms with Gasteiger partial charge in [0.05, 0.1) is 6.54 Å². The summed E-state index contributed by atoms with van der Waals surface area (Å²) < 4.78 is 0. The van der Waals surface area contributed by atoms with Gasteiger partial charge in [0.2, 0.25) is 0 Å². The zero-order valence-corrected chi connectivity index (χ0v) is 11.7. The highest BCUT2D eigenvalue weighted by molar-refractivity contribution is 5.69. The third kappa shape index (κ3) is 4.49. The van der Waals surface area contributed by atoms with E-state index in [1.165, 1.54) is 16.7 Å². The topological polar surface area (TPSA) is 40.5 Å². The summed E-state index contributed by atoms with van der Waals surface area (Å²) in [5, 5.41) is 8.97. The minimum absolute atomic E-state index is 0.0992. The Kier molecular flexibility index (Phi) is 5.35. The van der Waals surface area contributed by atoms with E-state index in [1.807, 2.05) is 4.90 Å². The van der Waals surface area contributed by atoms with Crippen LogP contribution in [-0.2, 0) is 11.3 Å². The van der Waals surface area contributed by atoms with Crippen molar-refractivity contribution in [3.05, 3.63) is 34.9 Å². The molecule has 0 aliphatic rings. The predicted molar refractivity (Wildman–Crippen MR) is 73.7 cm³/mol. The molecule has 18 heavy (non-hydrogen) atoms. The normalized spacial score (nSPS) is 12.7. The Labute approximate surface area is 109 Å². The van der Waals surface area contributed by atoms with Crippen LogP contribution >= 0.6 is 0 Å². The van der Waals surface area contributed by atoms with Gasteiger partial charge in [-0.1, -0.05) is 36.2 Å². The Hall–Kier alpha value is -1.35. The van der Waals surface area contributed by atoms with Crippen molar-refractivity contribution in [2.75, 3.05) is 6.54 Å². The molecule has 0 saturated heterocycles. The van der Waals surface area contributed by atoms with E-state index < -0.39 is 5.97 Å². The lowest BCUT2D eigenvalue weighted by Crippen LogP contribution is -2.36. The second-order valence-corrected chi connectivity index (χ2v) is 5.05. The molecule has 0 radical (unpaired) electrons. The highest BCUT2D eigenvalue weighted by Gasteiger charge is 2.16. The summed E-state index contributed by atoms with van der Waals surface area (Å²) in [6.07, 6.45) is 0.956. The Balaban J connectivity index is 2.84. The molecule has 0 saturated carbocycles. The van der Waals surface area contributed by atoms with Gasteiger partial charge in [-0.3, -0.25) is 9.69 Å². The lowest BCUT2D eigenvalue weighted by atomic mass is 10.1. The first kappa shape index (κ1) is 14.7. The fourth-order valence-electron chi connectivity index (χ4n) is 2.19. The minimum Gasteiger partial charge on any atom is -0.480 e. The third-order valence-electron chi connectivity index (χ3n) is 3.22. The molecule has 0 aromatic heterocycles. The summed E-state index contributed by atoms with van der Waals surface area (Å²) in [5.41, 5.74) is 3.64. The molecule has 100 valence electrons. The summed E-state index contributed by atoms with van der Waals surface area (Å²) in [5.74, 6) is -0.764. The van der Waals surface area contributed by atoms with Crippen LogP contribution in [0.5, 0.6) is 0 Å². The van der Waals surface area contributed by atoms with E-state index in [2.05, 4.69) is 45.9 Å². The maximum Gasteiger partial charge on any atom is 0.317 e. The van der Waals surface area contributed by atoms with Crippen LogP contribution in [0, 0.1) is 13.8 Å². The molecule has 0 heterocycles. The molecule has 1 aromatic carbocycles. The van der Waals surface area contributed by atoms with Gasteiger partial charge in [-0.25, -0.2) is 0 Å². The fraction of sp³-hybridized carbons (Fsp3) is 0.533. The van der Waals surface area contributed by atoms with E-state index in [-0.39, 0.29) is 12.6 Å². The summed E-state index contributed by atoms with van der Waals surface area (Å²) >= 11 is 0. The first-order chi connectivity index (χ1) is 8.42. The molecular formula is C15H23NO2. The summed E-state index contributed by atoms with van der Waals surface area (Å²) in [6, 6.07) is 6.67. The Morgan fingerprint density at radius 1 is 1.28 bits per heavy atom. The number of aryl methyl sites for hydroxylation is 2. The highest BCUT2D eigenvalue weighted by atomic mass is 16.4. The van der Waals surface area contributed by atoms with E-state index in [0.717, 1.165) is 6.42 Å². The van der Waals surface area contributed by atoms with Gasteiger partial charge in [-0.2, -0.15) is 0 Å². The van der Waals surface area contributed by atoms with Gasteiger partial charge in [0.25, 0.3) is 0 Å². The van der Waals surface area contributed by atoms with Crippen molar-refractivity contribution >= 4 is 5.97 Å². The molecule has 0 fully saturated rings. The van der Waals surface area contributed by atoms with E-state index in [1.54, 1.807) is 0 Å². The van der Waals surface area contributed by atoms with Crippen LogP contribution in [0.1, 0.15) is 37.0 Å². The Morgan fingerprint density at radius 3 is 2.28 bits per heavy atom. The zero-order valence-electron chi connectivity index (χ0n) is 11.7. The summed E-state index contributed by atoms with van der Waals surface area (Å²) in [7, 11) is 0. The third-order valence-corrected chi connectivity index (χ3v) is 3.22. The molecule has 3 heteroatoms. The van der Waals surface area contributed by atoms with Crippen LogP contribution in [0.4, 0.5) is 0 Å². The van der Waals surface area contributed by atoms with Crippen molar-refractivity contribution in [1.82, 2.24) is 4.90 Å². The molecule has 0 aliphatic heterocycles. The molecule has 1 unspecified atom stereocenters. The van der Waals surface area contributed by atoms with E-state index in [4.69, 9.17) is 5.11 Å². The quantitative estimate of drug-likeness (QED) is 0.842. The van der Waals surface area contributed by atoms with Crippen LogP contribution in [0.2, 0.25) is 0 Å². The molecule has 0 aliphatic carbocycles.